The summed E-state index contributed by atoms with van der Waals surface area (Å²) in [7, 11) is 0. The minimum Gasteiger partial charge on any atom is -0.489 e. The summed E-state index contributed by atoms with van der Waals surface area (Å²) in [5.41, 5.74) is 8.56. The predicted octanol–water partition coefficient (Wildman–Crippen LogP) is 3.02. The first kappa shape index (κ1) is 13.9. The third kappa shape index (κ3) is 3.54. The number of nitrogens with one attached hydrogen (secondary N) is 2. The van der Waals surface area contributed by atoms with Gasteiger partial charge in [-0.15, -0.1) is 5.10 Å². The first-order valence-electron chi connectivity index (χ1n) is 6.92. The van der Waals surface area contributed by atoms with E-state index in [1.54, 1.807) is 0 Å². The van der Waals surface area contributed by atoms with Gasteiger partial charge in [0.1, 0.15) is 12.4 Å². The molecule has 6 nitrogen and oxygen atoms in total. The Hall–Kier alpha value is -3.02. The van der Waals surface area contributed by atoms with Crippen molar-refractivity contribution in [1.29, 1.82) is 0 Å². The summed E-state index contributed by atoms with van der Waals surface area (Å²) < 4.78 is 5.84. The SMILES string of the molecule is Cc1cc(Nc2n[nH]c(N)n2)cc(OCc2ccccc2)c1. The fourth-order valence-corrected chi connectivity index (χ4v) is 2.10. The highest BCUT2D eigenvalue weighted by atomic mass is 16.5. The van der Waals surface area contributed by atoms with E-state index in [4.69, 9.17) is 10.5 Å². The van der Waals surface area contributed by atoms with E-state index < -0.39 is 0 Å². The van der Waals surface area contributed by atoms with Crippen LogP contribution in [0.2, 0.25) is 0 Å². The third-order valence-electron chi connectivity index (χ3n) is 3.06. The first-order valence-corrected chi connectivity index (χ1v) is 6.92. The number of nitrogens with two attached hydrogens (primary N) is 1. The Labute approximate surface area is 128 Å². The van der Waals surface area contributed by atoms with Gasteiger partial charge in [0.15, 0.2) is 0 Å². The molecule has 112 valence electrons. The molecule has 3 aromatic rings. The number of benzene rings is 2. The van der Waals surface area contributed by atoms with E-state index >= 15 is 0 Å². The van der Waals surface area contributed by atoms with E-state index in [-0.39, 0.29) is 5.95 Å². The second-order valence-electron chi connectivity index (χ2n) is 4.98. The van der Waals surface area contributed by atoms with Crippen molar-refractivity contribution < 1.29 is 4.74 Å². The van der Waals surface area contributed by atoms with E-state index in [1.165, 1.54) is 0 Å². The van der Waals surface area contributed by atoms with E-state index in [2.05, 4.69) is 20.5 Å². The number of aryl methyl sites for hydroxylation is 1. The van der Waals surface area contributed by atoms with Gasteiger partial charge in [0, 0.05) is 11.8 Å². The second kappa shape index (κ2) is 6.17. The Balaban J connectivity index is 1.72. The summed E-state index contributed by atoms with van der Waals surface area (Å²) >= 11 is 0. The summed E-state index contributed by atoms with van der Waals surface area (Å²) in [5.74, 6) is 1.49. The number of nitrogens with zero attached hydrogens (tertiary/aromatic N) is 2. The molecule has 22 heavy (non-hydrogen) atoms. The maximum Gasteiger partial charge on any atom is 0.248 e. The molecular formula is C16H17N5O. The standard InChI is InChI=1S/C16H17N5O/c1-11-7-13(18-16-19-15(17)20-21-16)9-14(8-11)22-10-12-5-3-2-4-6-12/h2-9H,10H2,1H3,(H4,17,18,19,20,21). The lowest BCUT2D eigenvalue weighted by Gasteiger charge is -2.10. The molecule has 2 aromatic carbocycles. The zero-order chi connectivity index (χ0) is 15.4. The van der Waals surface area contributed by atoms with Crippen LogP contribution in [-0.2, 0) is 6.61 Å². The van der Waals surface area contributed by atoms with E-state index in [1.807, 2.05) is 55.5 Å². The number of ether oxygens (including phenoxy) is 1. The molecule has 4 N–H and O–H groups in total. The number of aromatic nitrogens is 3. The zero-order valence-corrected chi connectivity index (χ0v) is 12.2. The van der Waals surface area contributed by atoms with E-state index in [9.17, 15) is 0 Å². The molecule has 0 radical (unpaired) electrons. The fourth-order valence-electron chi connectivity index (χ4n) is 2.10. The first-order chi connectivity index (χ1) is 10.7. The van der Waals surface area contributed by atoms with Crippen LogP contribution >= 0.6 is 0 Å². The molecule has 0 aliphatic rings. The Morgan fingerprint density at radius 3 is 2.73 bits per heavy atom. The highest BCUT2D eigenvalue weighted by Crippen LogP contribution is 2.23. The van der Waals surface area contributed by atoms with Gasteiger partial charge in [-0.25, -0.2) is 5.10 Å². The summed E-state index contributed by atoms with van der Waals surface area (Å²) in [4.78, 5) is 4.02. The van der Waals surface area contributed by atoms with Crippen molar-refractivity contribution in [1.82, 2.24) is 15.2 Å². The minimum absolute atomic E-state index is 0.274. The largest absolute Gasteiger partial charge is 0.489 e. The van der Waals surface area contributed by atoms with Gasteiger partial charge in [-0.2, -0.15) is 4.98 Å². The van der Waals surface area contributed by atoms with Gasteiger partial charge >= 0.3 is 0 Å². The number of anilines is 3. The van der Waals surface area contributed by atoms with Crippen molar-refractivity contribution >= 4 is 17.6 Å². The molecule has 0 saturated carbocycles. The van der Waals surface area contributed by atoms with Crippen molar-refractivity contribution in [2.24, 2.45) is 0 Å². The molecule has 1 heterocycles. The Morgan fingerprint density at radius 1 is 1.18 bits per heavy atom. The molecule has 0 unspecified atom stereocenters. The molecule has 0 bridgehead atoms. The lowest BCUT2D eigenvalue weighted by molar-refractivity contribution is 0.306. The zero-order valence-electron chi connectivity index (χ0n) is 12.2. The van der Waals surface area contributed by atoms with Crippen LogP contribution in [0.1, 0.15) is 11.1 Å². The Morgan fingerprint density at radius 2 is 2.00 bits per heavy atom. The van der Waals surface area contributed by atoms with Crippen molar-refractivity contribution in [2.45, 2.75) is 13.5 Å². The highest BCUT2D eigenvalue weighted by molar-refractivity contribution is 5.58. The maximum atomic E-state index is 5.84. The highest BCUT2D eigenvalue weighted by Gasteiger charge is 2.04. The molecule has 0 spiro atoms. The molecule has 3 rings (SSSR count). The summed E-state index contributed by atoms with van der Waals surface area (Å²) in [6, 6.07) is 15.9. The van der Waals surface area contributed by atoms with Crippen molar-refractivity contribution in [3.8, 4) is 5.75 Å². The molecule has 0 aliphatic heterocycles. The van der Waals surface area contributed by atoms with Gasteiger partial charge in [0.05, 0.1) is 0 Å². The number of rotatable bonds is 5. The molecule has 0 amide bonds. The molecule has 0 saturated heterocycles. The summed E-state index contributed by atoms with van der Waals surface area (Å²) in [6.45, 7) is 2.53. The number of aromatic amines is 1. The number of H-pyrrole nitrogens is 1. The van der Waals surface area contributed by atoms with Crippen LogP contribution in [-0.4, -0.2) is 15.2 Å². The van der Waals surface area contributed by atoms with Gasteiger partial charge in [-0.05, 0) is 30.2 Å². The van der Waals surface area contributed by atoms with Crippen LogP contribution in [0.25, 0.3) is 0 Å². The molecular weight excluding hydrogens is 278 g/mol. The van der Waals surface area contributed by atoms with Crippen molar-refractivity contribution in [3.05, 3.63) is 59.7 Å². The molecule has 0 aliphatic carbocycles. The van der Waals surface area contributed by atoms with Gasteiger partial charge in [0.25, 0.3) is 0 Å². The Bertz CT molecular complexity index is 754. The van der Waals surface area contributed by atoms with E-state index in [0.29, 0.717) is 12.6 Å². The van der Waals surface area contributed by atoms with Gasteiger partial charge < -0.3 is 15.8 Å². The smallest absolute Gasteiger partial charge is 0.248 e. The molecule has 1 aromatic heterocycles. The van der Waals surface area contributed by atoms with Crippen LogP contribution in [0.15, 0.2) is 48.5 Å². The third-order valence-corrected chi connectivity index (χ3v) is 3.06. The molecule has 0 atom stereocenters. The second-order valence-corrected chi connectivity index (χ2v) is 4.98. The topological polar surface area (TPSA) is 88.9 Å². The summed E-state index contributed by atoms with van der Waals surface area (Å²) in [5, 5.41) is 9.63. The van der Waals surface area contributed by atoms with Crippen LogP contribution < -0.4 is 15.8 Å². The lowest BCUT2D eigenvalue weighted by Crippen LogP contribution is -1.98. The Kier molecular flexibility index (Phi) is 3.91. The lowest BCUT2D eigenvalue weighted by atomic mass is 10.2. The van der Waals surface area contributed by atoms with Crippen molar-refractivity contribution in [3.63, 3.8) is 0 Å². The number of nitrogen functional groups attached to an aromatic ring is 1. The van der Waals surface area contributed by atoms with E-state index in [0.717, 1.165) is 22.6 Å². The van der Waals surface area contributed by atoms with Crippen molar-refractivity contribution in [2.75, 3.05) is 11.1 Å². The normalized spacial score (nSPS) is 10.4. The molecule has 6 heteroatoms. The number of hydrogen-bond acceptors (Lipinski definition) is 5. The number of hydrogen-bond donors (Lipinski definition) is 3. The fraction of sp³-hybridized carbons (Fsp3) is 0.125. The van der Waals surface area contributed by atoms with Crippen LogP contribution in [0.5, 0.6) is 5.75 Å². The molecule has 0 fully saturated rings. The average molecular weight is 295 g/mol. The van der Waals surface area contributed by atoms with Gasteiger partial charge in [-0.1, -0.05) is 30.3 Å². The van der Waals surface area contributed by atoms with Gasteiger partial charge in [0.2, 0.25) is 11.9 Å². The van der Waals surface area contributed by atoms with Crippen LogP contribution in [0, 0.1) is 6.92 Å². The average Bonchev–Trinajstić information content (AvgIpc) is 2.91. The van der Waals surface area contributed by atoms with Crippen LogP contribution in [0.3, 0.4) is 0 Å². The minimum atomic E-state index is 0.274. The monoisotopic (exact) mass is 295 g/mol. The predicted molar refractivity (Wildman–Crippen MR) is 86.0 cm³/mol. The quantitative estimate of drug-likeness (QED) is 0.673. The maximum absolute atomic E-state index is 5.84. The van der Waals surface area contributed by atoms with Gasteiger partial charge in [-0.3, -0.25) is 0 Å². The van der Waals surface area contributed by atoms with Crippen LogP contribution in [0.4, 0.5) is 17.6 Å². The summed E-state index contributed by atoms with van der Waals surface area (Å²) in [6.07, 6.45) is 0.